The molecule has 94 valence electrons. The van der Waals surface area contributed by atoms with Crippen molar-refractivity contribution in [1.29, 1.82) is 0 Å². The highest BCUT2D eigenvalue weighted by atomic mass is 32.2. The minimum absolute atomic E-state index is 0.00716. The van der Waals surface area contributed by atoms with Gasteiger partial charge in [0, 0.05) is 22.5 Å². The first-order valence-electron chi connectivity index (χ1n) is 5.38. The van der Waals surface area contributed by atoms with Gasteiger partial charge in [-0.25, -0.2) is 0 Å². The third-order valence-electron chi connectivity index (χ3n) is 2.57. The summed E-state index contributed by atoms with van der Waals surface area (Å²) in [5, 5.41) is 12.0. The van der Waals surface area contributed by atoms with Gasteiger partial charge in [0.25, 0.3) is 5.91 Å². The van der Waals surface area contributed by atoms with Crippen LogP contribution in [-0.4, -0.2) is 35.2 Å². The molecule has 1 aromatic rings. The van der Waals surface area contributed by atoms with Crippen molar-refractivity contribution in [2.24, 2.45) is 0 Å². The molecule has 5 heteroatoms. The number of nitrogen functional groups attached to an aromatic ring is 1. The lowest BCUT2D eigenvalue weighted by Crippen LogP contribution is -2.41. The number of rotatable bonds is 5. The summed E-state index contributed by atoms with van der Waals surface area (Å²) < 4.78 is 0. The third kappa shape index (κ3) is 3.94. The molecule has 0 spiro atoms. The van der Waals surface area contributed by atoms with Crippen LogP contribution in [-0.2, 0) is 0 Å². The van der Waals surface area contributed by atoms with Crippen LogP contribution in [0.4, 0.5) is 5.69 Å². The maximum atomic E-state index is 11.9. The molecular formula is C12H18N2O2S. The lowest BCUT2D eigenvalue weighted by Gasteiger charge is -2.21. The van der Waals surface area contributed by atoms with Crippen molar-refractivity contribution in [3.05, 3.63) is 29.8 Å². The van der Waals surface area contributed by atoms with E-state index in [4.69, 9.17) is 10.8 Å². The topological polar surface area (TPSA) is 75.3 Å². The zero-order valence-electron chi connectivity index (χ0n) is 10.0. The average molecular weight is 254 g/mol. The summed E-state index contributed by atoms with van der Waals surface area (Å²) in [4.78, 5) is 11.9. The Kier molecular flexibility index (Phi) is 5.31. The lowest BCUT2D eigenvalue weighted by atomic mass is 10.1. The van der Waals surface area contributed by atoms with Gasteiger partial charge < -0.3 is 16.2 Å². The van der Waals surface area contributed by atoms with Gasteiger partial charge in [-0.2, -0.15) is 11.8 Å². The molecule has 1 rings (SSSR count). The van der Waals surface area contributed by atoms with Crippen molar-refractivity contribution in [2.75, 3.05) is 18.6 Å². The van der Waals surface area contributed by atoms with Crippen LogP contribution in [0.15, 0.2) is 24.3 Å². The minimum Gasteiger partial charge on any atom is -0.399 e. The fourth-order valence-electron chi connectivity index (χ4n) is 1.45. The van der Waals surface area contributed by atoms with Crippen molar-refractivity contribution in [3.8, 4) is 0 Å². The number of aliphatic hydroxyl groups excluding tert-OH is 1. The highest BCUT2D eigenvalue weighted by Gasteiger charge is 2.17. The number of nitrogens with one attached hydrogen (secondary N) is 1. The highest BCUT2D eigenvalue weighted by Crippen LogP contribution is 2.11. The van der Waals surface area contributed by atoms with E-state index in [9.17, 15) is 4.79 Å². The first kappa shape index (κ1) is 13.9. The molecule has 2 unspecified atom stereocenters. The molecule has 2 atom stereocenters. The SMILES string of the molecule is CSC(CO)C(C)NC(=O)c1ccc(N)cc1. The summed E-state index contributed by atoms with van der Waals surface area (Å²) in [7, 11) is 0. The second-order valence-corrected chi connectivity index (χ2v) is 4.92. The molecule has 4 nitrogen and oxygen atoms in total. The third-order valence-corrected chi connectivity index (χ3v) is 3.73. The molecule has 0 aliphatic carbocycles. The Morgan fingerprint density at radius 1 is 1.47 bits per heavy atom. The molecule has 0 aromatic heterocycles. The lowest BCUT2D eigenvalue weighted by molar-refractivity contribution is 0.0936. The first-order valence-corrected chi connectivity index (χ1v) is 6.67. The number of anilines is 1. The summed E-state index contributed by atoms with van der Waals surface area (Å²) in [5.74, 6) is -0.148. The predicted molar refractivity (Wildman–Crippen MR) is 72.2 cm³/mol. The molecule has 17 heavy (non-hydrogen) atoms. The number of benzene rings is 1. The summed E-state index contributed by atoms with van der Waals surface area (Å²) in [6, 6.07) is 6.67. The number of carbonyl (C=O) groups excluding carboxylic acids is 1. The van der Waals surface area contributed by atoms with E-state index in [1.54, 1.807) is 24.3 Å². The largest absolute Gasteiger partial charge is 0.399 e. The van der Waals surface area contributed by atoms with E-state index in [1.165, 1.54) is 11.8 Å². The van der Waals surface area contributed by atoms with Crippen LogP contribution < -0.4 is 11.1 Å². The number of thioether (sulfide) groups is 1. The van der Waals surface area contributed by atoms with Gasteiger partial charge in [0.2, 0.25) is 0 Å². The van der Waals surface area contributed by atoms with Gasteiger partial charge in [0.05, 0.1) is 6.61 Å². The van der Waals surface area contributed by atoms with Crippen molar-refractivity contribution in [2.45, 2.75) is 18.2 Å². The van der Waals surface area contributed by atoms with E-state index in [1.807, 2.05) is 13.2 Å². The number of aliphatic hydroxyl groups is 1. The van der Waals surface area contributed by atoms with Crippen molar-refractivity contribution in [1.82, 2.24) is 5.32 Å². The zero-order chi connectivity index (χ0) is 12.8. The monoisotopic (exact) mass is 254 g/mol. The maximum absolute atomic E-state index is 11.9. The molecule has 0 heterocycles. The molecule has 0 saturated heterocycles. The number of hydrogen-bond acceptors (Lipinski definition) is 4. The van der Waals surface area contributed by atoms with E-state index in [0.717, 1.165) is 0 Å². The smallest absolute Gasteiger partial charge is 0.251 e. The Labute approximate surface area is 106 Å². The fraction of sp³-hybridized carbons (Fsp3) is 0.417. The van der Waals surface area contributed by atoms with Gasteiger partial charge in [0.1, 0.15) is 0 Å². The van der Waals surface area contributed by atoms with Gasteiger partial charge in [-0.05, 0) is 37.4 Å². The van der Waals surface area contributed by atoms with Crippen LogP contribution in [0.2, 0.25) is 0 Å². The molecule has 0 bridgehead atoms. The standard InChI is InChI=1S/C12H18N2O2S/c1-8(11(7-15)17-2)14-12(16)9-3-5-10(13)6-4-9/h3-6,8,11,15H,7,13H2,1-2H3,(H,14,16). The Bertz CT molecular complexity index is 363. The quantitative estimate of drug-likeness (QED) is 0.688. The number of carbonyl (C=O) groups is 1. The van der Waals surface area contributed by atoms with E-state index in [2.05, 4.69) is 5.32 Å². The molecule has 1 amide bonds. The van der Waals surface area contributed by atoms with Crippen molar-refractivity contribution in [3.63, 3.8) is 0 Å². The van der Waals surface area contributed by atoms with Crippen LogP contribution in [0.25, 0.3) is 0 Å². The van der Waals surface area contributed by atoms with Gasteiger partial charge in [0.15, 0.2) is 0 Å². The number of hydrogen-bond donors (Lipinski definition) is 3. The normalized spacial score (nSPS) is 14.1. The number of nitrogens with two attached hydrogens (primary N) is 1. The van der Waals surface area contributed by atoms with Crippen LogP contribution in [0, 0.1) is 0 Å². The van der Waals surface area contributed by atoms with Gasteiger partial charge in [-0.1, -0.05) is 0 Å². The molecule has 0 saturated carbocycles. The second kappa shape index (κ2) is 6.51. The Hall–Kier alpha value is -1.20. The van der Waals surface area contributed by atoms with Crippen LogP contribution >= 0.6 is 11.8 Å². The Balaban J connectivity index is 2.62. The van der Waals surface area contributed by atoms with Crippen LogP contribution in [0.5, 0.6) is 0 Å². The molecule has 0 aliphatic rings. The Morgan fingerprint density at radius 3 is 2.53 bits per heavy atom. The molecule has 1 aromatic carbocycles. The van der Waals surface area contributed by atoms with Crippen molar-refractivity contribution < 1.29 is 9.90 Å². The minimum atomic E-state index is -0.148. The summed E-state index contributed by atoms with van der Waals surface area (Å²) in [6.07, 6.45) is 1.91. The van der Waals surface area contributed by atoms with E-state index < -0.39 is 0 Å². The molecular weight excluding hydrogens is 236 g/mol. The van der Waals surface area contributed by atoms with E-state index >= 15 is 0 Å². The van der Waals surface area contributed by atoms with Gasteiger partial charge in [-0.15, -0.1) is 0 Å². The maximum Gasteiger partial charge on any atom is 0.251 e. The van der Waals surface area contributed by atoms with Gasteiger partial charge in [-0.3, -0.25) is 4.79 Å². The van der Waals surface area contributed by atoms with Gasteiger partial charge >= 0.3 is 0 Å². The summed E-state index contributed by atoms with van der Waals surface area (Å²) in [5.41, 5.74) is 6.76. The van der Waals surface area contributed by atoms with Crippen molar-refractivity contribution >= 4 is 23.4 Å². The molecule has 0 fully saturated rings. The molecule has 0 aliphatic heterocycles. The summed E-state index contributed by atoms with van der Waals surface area (Å²) in [6.45, 7) is 1.93. The van der Waals surface area contributed by atoms with E-state index in [-0.39, 0.29) is 23.8 Å². The first-order chi connectivity index (χ1) is 8.08. The predicted octanol–water partition coefficient (Wildman–Crippen LogP) is 1.11. The summed E-state index contributed by atoms with van der Waals surface area (Å²) >= 11 is 1.53. The Morgan fingerprint density at radius 2 is 2.06 bits per heavy atom. The zero-order valence-corrected chi connectivity index (χ0v) is 10.8. The van der Waals surface area contributed by atoms with Crippen LogP contribution in [0.1, 0.15) is 17.3 Å². The van der Waals surface area contributed by atoms with Crippen LogP contribution in [0.3, 0.4) is 0 Å². The average Bonchev–Trinajstić information content (AvgIpc) is 2.31. The van der Waals surface area contributed by atoms with E-state index in [0.29, 0.717) is 11.3 Å². The fourth-order valence-corrected chi connectivity index (χ4v) is 2.08. The molecule has 0 radical (unpaired) electrons. The second-order valence-electron chi connectivity index (χ2n) is 3.84. The number of amides is 1. The highest BCUT2D eigenvalue weighted by molar-refractivity contribution is 7.99. The molecule has 4 N–H and O–H groups in total.